The molecule has 1 saturated carbocycles. The molecule has 0 radical (unpaired) electrons. The van der Waals surface area contributed by atoms with Gasteiger partial charge < -0.3 is 14.6 Å². The highest BCUT2D eigenvalue weighted by atomic mass is 16.5. The van der Waals surface area contributed by atoms with Crippen molar-refractivity contribution in [1.82, 2.24) is 4.90 Å². The largest absolute Gasteiger partial charge is 0.501 e. The van der Waals surface area contributed by atoms with Crippen molar-refractivity contribution >= 4 is 5.97 Å². The topological polar surface area (TPSA) is 59.0 Å². The number of carboxylic acids is 1. The molecule has 1 spiro atoms. The van der Waals surface area contributed by atoms with Crippen LogP contribution in [0, 0.1) is 5.41 Å². The number of carboxylic acid groups (broad SMARTS) is 1. The standard InChI is InChI=1S/C17H27NO4/c1-14(21-2)7-6-10-22-13-18-12-17(8-4-3-5-9-17)11-15(18)16(19)20/h6-7,10,15H,3-5,8-9,11-13H2,1-2H3,(H,19,20)/b10-6-,14-7+. The van der Waals surface area contributed by atoms with E-state index in [0.717, 1.165) is 31.6 Å². The summed E-state index contributed by atoms with van der Waals surface area (Å²) in [6, 6.07) is -0.414. The van der Waals surface area contributed by atoms with Crippen molar-refractivity contribution in [2.24, 2.45) is 5.41 Å². The first-order chi connectivity index (χ1) is 10.6. The van der Waals surface area contributed by atoms with E-state index in [0.29, 0.717) is 6.73 Å². The molecule has 2 rings (SSSR count). The summed E-state index contributed by atoms with van der Waals surface area (Å²) >= 11 is 0. The molecule has 5 heteroatoms. The molecule has 0 aromatic heterocycles. The summed E-state index contributed by atoms with van der Waals surface area (Å²) in [5, 5.41) is 9.46. The Hall–Kier alpha value is -1.49. The van der Waals surface area contributed by atoms with Crippen LogP contribution in [-0.4, -0.2) is 42.4 Å². The third-order valence-corrected chi connectivity index (χ3v) is 4.87. The summed E-state index contributed by atoms with van der Waals surface area (Å²) in [6.07, 6.45) is 12.0. The zero-order chi connectivity index (χ0) is 16.0. The smallest absolute Gasteiger partial charge is 0.321 e. The molecule has 0 aromatic rings. The van der Waals surface area contributed by atoms with Crippen LogP contribution in [0.15, 0.2) is 24.2 Å². The fourth-order valence-corrected chi connectivity index (χ4v) is 3.63. The highest BCUT2D eigenvalue weighted by Gasteiger charge is 2.47. The van der Waals surface area contributed by atoms with Crippen LogP contribution >= 0.6 is 0 Å². The molecule has 1 unspecified atom stereocenters. The lowest BCUT2D eigenvalue weighted by atomic mass is 9.73. The van der Waals surface area contributed by atoms with Crippen LogP contribution in [0.25, 0.3) is 0 Å². The highest BCUT2D eigenvalue weighted by molar-refractivity contribution is 5.74. The fourth-order valence-electron chi connectivity index (χ4n) is 3.63. The lowest BCUT2D eigenvalue weighted by Gasteiger charge is -2.33. The van der Waals surface area contributed by atoms with Crippen molar-refractivity contribution in [2.75, 3.05) is 20.4 Å². The van der Waals surface area contributed by atoms with Crippen LogP contribution in [0.5, 0.6) is 0 Å². The number of allylic oxidation sites excluding steroid dienone is 3. The van der Waals surface area contributed by atoms with Gasteiger partial charge in [-0.05, 0) is 43.8 Å². The normalized spacial score (nSPS) is 25.7. The van der Waals surface area contributed by atoms with Crippen molar-refractivity contribution in [3.63, 3.8) is 0 Å². The van der Waals surface area contributed by atoms with E-state index < -0.39 is 12.0 Å². The number of likely N-dealkylation sites (tertiary alicyclic amines) is 1. The molecule has 1 saturated heterocycles. The maximum absolute atomic E-state index is 11.5. The average Bonchev–Trinajstić information content (AvgIpc) is 2.86. The lowest BCUT2D eigenvalue weighted by molar-refractivity contribution is -0.143. The van der Waals surface area contributed by atoms with Crippen LogP contribution in [0.2, 0.25) is 0 Å². The predicted octanol–water partition coefficient (Wildman–Crippen LogP) is 3.13. The molecule has 1 aliphatic carbocycles. The monoisotopic (exact) mass is 309 g/mol. The number of aliphatic carboxylic acids is 1. The third-order valence-electron chi connectivity index (χ3n) is 4.87. The highest BCUT2D eigenvalue weighted by Crippen LogP contribution is 2.46. The van der Waals surface area contributed by atoms with E-state index in [4.69, 9.17) is 9.47 Å². The van der Waals surface area contributed by atoms with Crippen molar-refractivity contribution < 1.29 is 19.4 Å². The Labute approximate surface area is 132 Å². The Morgan fingerprint density at radius 1 is 1.36 bits per heavy atom. The summed E-state index contributed by atoms with van der Waals surface area (Å²) in [5.74, 6) is 0.0655. The summed E-state index contributed by atoms with van der Waals surface area (Å²) in [6.45, 7) is 3.03. The maximum atomic E-state index is 11.5. The van der Waals surface area contributed by atoms with Crippen LogP contribution in [0.1, 0.15) is 45.4 Å². The Morgan fingerprint density at radius 3 is 2.73 bits per heavy atom. The second-order valence-corrected chi connectivity index (χ2v) is 6.47. The fraction of sp³-hybridized carbons (Fsp3) is 0.706. The molecule has 0 bridgehead atoms. The minimum Gasteiger partial charge on any atom is -0.501 e. The van der Waals surface area contributed by atoms with Crippen molar-refractivity contribution in [3.05, 3.63) is 24.2 Å². The molecule has 2 aliphatic rings. The number of methoxy groups -OCH3 is 1. The number of ether oxygens (including phenoxy) is 2. The minimum atomic E-state index is -0.731. The molecule has 1 aliphatic heterocycles. The van der Waals surface area contributed by atoms with E-state index in [-0.39, 0.29) is 5.41 Å². The van der Waals surface area contributed by atoms with Gasteiger partial charge in [0.2, 0.25) is 0 Å². The molecule has 1 N–H and O–H groups in total. The van der Waals surface area contributed by atoms with Crippen molar-refractivity contribution in [3.8, 4) is 0 Å². The summed E-state index contributed by atoms with van der Waals surface area (Å²) < 4.78 is 10.5. The van der Waals surface area contributed by atoms with Gasteiger partial charge in [0.05, 0.1) is 19.1 Å². The molecule has 0 aromatic carbocycles. The number of nitrogens with zero attached hydrogens (tertiary/aromatic N) is 1. The van der Waals surface area contributed by atoms with Crippen molar-refractivity contribution in [2.45, 2.75) is 51.5 Å². The first-order valence-electron chi connectivity index (χ1n) is 8.02. The molecular weight excluding hydrogens is 282 g/mol. The Balaban J connectivity index is 1.89. The molecule has 22 heavy (non-hydrogen) atoms. The molecule has 1 atom stereocenters. The zero-order valence-corrected chi connectivity index (χ0v) is 13.6. The molecule has 1 heterocycles. The van der Waals surface area contributed by atoms with Gasteiger partial charge in [0.15, 0.2) is 0 Å². The van der Waals surface area contributed by atoms with Crippen LogP contribution < -0.4 is 0 Å². The van der Waals surface area contributed by atoms with E-state index in [2.05, 4.69) is 0 Å². The Morgan fingerprint density at radius 2 is 2.09 bits per heavy atom. The van der Waals surface area contributed by atoms with Gasteiger partial charge in [0.1, 0.15) is 12.8 Å². The first kappa shape index (κ1) is 16.9. The van der Waals surface area contributed by atoms with Gasteiger partial charge in [0.25, 0.3) is 0 Å². The third kappa shape index (κ3) is 4.26. The lowest BCUT2D eigenvalue weighted by Crippen LogP contribution is -2.37. The Bertz CT molecular complexity index is 438. The minimum absolute atomic E-state index is 0.195. The molecule has 2 fully saturated rings. The number of hydrogen-bond donors (Lipinski definition) is 1. The maximum Gasteiger partial charge on any atom is 0.321 e. The van der Waals surface area contributed by atoms with Gasteiger partial charge in [-0.15, -0.1) is 0 Å². The second kappa shape index (κ2) is 7.68. The Kier molecular flexibility index (Phi) is 5.89. The second-order valence-electron chi connectivity index (χ2n) is 6.47. The van der Waals surface area contributed by atoms with E-state index in [9.17, 15) is 9.90 Å². The quantitative estimate of drug-likeness (QED) is 0.603. The van der Waals surface area contributed by atoms with Gasteiger partial charge in [0, 0.05) is 6.54 Å². The predicted molar refractivity (Wildman–Crippen MR) is 84.1 cm³/mol. The van der Waals surface area contributed by atoms with E-state index in [1.807, 2.05) is 11.8 Å². The molecule has 5 nitrogen and oxygen atoms in total. The van der Waals surface area contributed by atoms with Gasteiger partial charge in [-0.25, -0.2) is 0 Å². The summed E-state index contributed by atoms with van der Waals surface area (Å²) in [7, 11) is 1.62. The van der Waals surface area contributed by atoms with Gasteiger partial charge >= 0.3 is 5.97 Å². The van der Waals surface area contributed by atoms with Gasteiger partial charge in [-0.3, -0.25) is 9.69 Å². The molecule has 0 amide bonds. The number of hydrogen-bond acceptors (Lipinski definition) is 4. The summed E-state index contributed by atoms with van der Waals surface area (Å²) in [5.41, 5.74) is 0.195. The first-order valence-corrected chi connectivity index (χ1v) is 8.02. The van der Waals surface area contributed by atoms with E-state index >= 15 is 0 Å². The SMILES string of the molecule is CO/C(C)=C/C=C\OCN1CC2(CCCCC2)CC1C(=O)O. The zero-order valence-electron chi connectivity index (χ0n) is 13.6. The molecular formula is C17H27NO4. The van der Waals surface area contributed by atoms with Gasteiger partial charge in [-0.1, -0.05) is 19.3 Å². The number of rotatable bonds is 6. The van der Waals surface area contributed by atoms with Gasteiger partial charge in [-0.2, -0.15) is 0 Å². The number of carbonyl (C=O) groups is 1. The van der Waals surface area contributed by atoms with E-state index in [1.54, 1.807) is 25.5 Å². The van der Waals surface area contributed by atoms with Crippen LogP contribution in [0.3, 0.4) is 0 Å². The van der Waals surface area contributed by atoms with E-state index in [1.165, 1.54) is 19.3 Å². The summed E-state index contributed by atoms with van der Waals surface area (Å²) in [4.78, 5) is 13.5. The van der Waals surface area contributed by atoms with Crippen LogP contribution in [-0.2, 0) is 14.3 Å². The van der Waals surface area contributed by atoms with Crippen molar-refractivity contribution in [1.29, 1.82) is 0 Å². The van der Waals surface area contributed by atoms with Crippen LogP contribution in [0.4, 0.5) is 0 Å². The average molecular weight is 309 g/mol. The molecule has 124 valence electrons.